The van der Waals surface area contributed by atoms with Crippen molar-refractivity contribution in [2.75, 3.05) is 7.11 Å². The Morgan fingerprint density at radius 2 is 1.95 bits per heavy atom. The summed E-state index contributed by atoms with van der Waals surface area (Å²) in [4.78, 5) is 3.96. The lowest BCUT2D eigenvalue weighted by molar-refractivity contribution is 0.408. The number of methoxy groups -OCH3 is 1. The fourth-order valence-electron chi connectivity index (χ4n) is 1.53. The van der Waals surface area contributed by atoms with Crippen molar-refractivity contribution in [3.63, 3.8) is 0 Å². The summed E-state index contributed by atoms with van der Waals surface area (Å²) in [7, 11) is 1.54. The zero-order valence-corrected chi connectivity index (χ0v) is 11.2. The van der Waals surface area contributed by atoms with Crippen LogP contribution >= 0.6 is 11.6 Å². The first-order valence-electron chi connectivity index (χ1n) is 5.51. The van der Waals surface area contributed by atoms with Crippen LogP contribution in [-0.2, 0) is 0 Å². The fourth-order valence-corrected chi connectivity index (χ4v) is 1.68. The molecule has 2 rings (SSSR count). The summed E-state index contributed by atoms with van der Waals surface area (Å²) in [5, 5.41) is 9.31. The van der Waals surface area contributed by atoms with E-state index in [1.807, 2.05) is 6.92 Å². The van der Waals surface area contributed by atoms with Gasteiger partial charge in [0, 0.05) is 23.9 Å². The number of benzene rings is 1. The smallest absolute Gasteiger partial charge is 0.134 e. The zero-order chi connectivity index (χ0) is 13.8. The molecule has 0 aliphatic carbocycles. The van der Waals surface area contributed by atoms with E-state index in [-0.39, 0.29) is 0 Å². The molecule has 96 valence electrons. The van der Waals surface area contributed by atoms with Crippen LogP contribution in [-0.4, -0.2) is 12.1 Å². The van der Waals surface area contributed by atoms with E-state index in [1.165, 1.54) is 7.11 Å². The van der Waals surface area contributed by atoms with Crippen LogP contribution in [0.15, 0.2) is 30.5 Å². The van der Waals surface area contributed by atoms with Crippen molar-refractivity contribution in [2.24, 2.45) is 0 Å². The number of rotatable bonds is 3. The number of aryl methyl sites for hydroxylation is 1. The van der Waals surface area contributed by atoms with Crippen LogP contribution in [0.4, 0.5) is 0 Å². The van der Waals surface area contributed by atoms with E-state index in [1.54, 1.807) is 30.5 Å². The third-order valence-corrected chi connectivity index (χ3v) is 2.70. The van der Waals surface area contributed by atoms with Crippen LogP contribution in [0.2, 0.25) is 5.15 Å². The standard InChI is InChI=1S/C14H11ClN2O2/c1-9-8-17-14(15)6-13(9)19-12-4-10(7-16)3-11(5-12)18-2/h3-6,8H,1-2H3. The molecule has 0 fully saturated rings. The minimum atomic E-state index is 0.351. The van der Waals surface area contributed by atoms with Gasteiger partial charge in [-0.25, -0.2) is 4.98 Å². The predicted octanol–water partition coefficient (Wildman–Crippen LogP) is 3.72. The van der Waals surface area contributed by atoms with Crippen molar-refractivity contribution in [1.82, 2.24) is 4.98 Å². The second kappa shape index (κ2) is 5.59. The summed E-state index contributed by atoms with van der Waals surface area (Å²) >= 11 is 5.83. The van der Waals surface area contributed by atoms with E-state index in [9.17, 15) is 0 Å². The normalized spacial score (nSPS) is 9.79. The number of nitrogens with zero attached hydrogens (tertiary/aromatic N) is 2. The number of ether oxygens (including phenoxy) is 2. The van der Waals surface area contributed by atoms with Crippen LogP contribution in [0.1, 0.15) is 11.1 Å². The maximum atomic E-state index is 8.95. The van der Waals surface area contributed by atoms with Gasteiger partial charge in [-0.3, -0.25) is 0 Å². The monoisotopic (exact) mass is 274 g/mol. The summed E-state index contributed by atoms with van der Waals surface area (Å²) in [6, 6.07) is 8.66. The van der Waals surface area contributed by atoms with Gasteiger partial charge in [-0.05, 0) is 19.1 Å². The first kappa shape index (κ1) is 13.2. The van der Waals surface area contributed by atoms with E-state index in [0.717, 1.165) is 5.56 Å². The molecule has 19 heavy (non-hydrogen) atoms. The van der Waals surface area contributed by atoms with Gasteiger partial charge < -0.3 is 9.47 Å². The second-order valence-electron chi connectivity index (χ2n) is 3.88. The van der Waals surface area contributed by atoms with Gasteiger partial charge in [0.25, 0.3) is 0 Å². The highest BCUT2D eigenvalue weighted by atomic mass is 35.5. The summed E-state index contributed by atoms with van der Waals surface area (Å²) in [6.07, 6.45) is 1.63. The third kappa shape index (κ3) is 3.15. The summed E-state index contributed by atoms with van der Waals surface area (Å²) in [5.41, 5.74) is 1.32. The quantitative estimate of drug-likeness (QED) is 0.801. The van der Waals surface area contributed by atoms with Gasteiger partial charge >= 0.3 is 0 Å². The fraction of sp³-hybridized carbons (Fsp3) is 0.143. The van der Waals surface area contributed by atoms with Gasteiger partial charge in [-0.1, -0.05) is 11.6 Å². The number of nitriles is 1. The average Bonchev–Trinajstić information content (AvgIpc) is 2.42. The Morgan fingerprint density at radius 3 is 2.63 bits per heavy atom. The predicted molar refractivity (Wildman–Crippen MR) is 71.8 cm³/mol. The van der Waals surface area contributed by atoms with Crippen LogP contribution < -0.4 is 9.47 Å². The Bertz CT molecular complexity index is 650. The van der Waals surface area contributed by atoms with Crippen LogP contribution in [0, 0.1) is 18.3 Å². The number of halogens is 1. The van der Waals surface area contributed by atoms with E-state index in [4.69, 9.17) is 26.3 Å². The Balaban J connectivity index is 2.38. The Labute approximate surface area is 116 Å². The summed E-state index contributed by atoms with van der Waals surface area (Å²) in [6.45, 7) is 1.87. The Hall–Kier alpha value is -2.25. The van der Waals surface area contributed by atoms with Crippen molar-refractivity contribution in [3.05, 3.63) is 46.7 Å². The minimum absolute atomic E-state index is 0.351. The number of hydrogen-bond acceptors (Lipinski definition) is 4. The summed E-state index contributed by atoms with van der Waals surface area (Å²) in [5.74, 6) is 1.67. The molecule has 1 heterocycles. The molecule has 0 spiro atoms. The number of hydrogen-bond donors (Lipinski definition) is 0. The van der Waals surface area contributed by atoms with Crippen LogP contribution in [0.25, 0.3) is 0 Å². The van der Waals surface area contributed by atoms with Crippen LogP contribution in [0.3, 0.4) is 0 Å². The Morgan fingerprint density at radius 1 is 1.21 bits per heavy atom. The lowest BCUT2D eigenvalue weighted by atomic mass is 10.2. The molecule has 4 nitrogen and oxygen atoms in total. The topological polar surface area (TPSA) is 55.1 Å². The highest BCUT2D eigenvalue weighted by Gasteiger charge is 2.06. The summed E-state index contributed by atoms with van der Waals surface area (Å²) < 4.78 is 10.8. The lowest BCUT2D eigenvalue weighted by Crippen LogP contribution is -1.91. The maximum Gasteiger partial charge on any atom is 0.134 e. The number of pyridine rings is 1. The Kier molecular flexibility index (Phi) is 3.88. The van der Waals surface area contributed by atoms with Crippen LogP contribution in [0.5, 0.6) is 17.2 Å². The molecule has 0 amide bonds. The van der Waals surface area contributed by atoms with Crippen molar-refractivity contribution in [3.8, 4) is 23.3 Å². The highest BCUT2D eigenvalue weighted by molar-refractivity contribution is 6.29. The third-order valence-electron chi connectivity index (χ3n) is 2.49. The van der Waals surface area contributed by atoms with Crippen molar-refractivity contribution >= 4 is 11.6 Å². The SMILES string of the molecule is COc1cc(C#N)cc(Oc2cc(Cl)ncc2C)c1. The van der Waals surface area contributed by atoms with Gasteiger partial charge in [0.05, 0.1) is 18.7 Å². The molecule has 0 bridgehead atoms. The largest absolute Gasteiger partial charge is 0.497 e. The van der Waals surface area contributed by atoms with Crippen molar-refractivity contribution < 1.29 is 9.47 Å². The zero-order valence-electron chi connectivity index (χ0n) is 10.5. The average molecular weight is 275 g/mol. The maximum absolute atomic E-state index is 8.95. The molecule has 1 aromatic heterocycles. The molecule has 0 atom stereocenters. The van der Waals surface area contributed by atoms with E-state index >= 15 is 0 Å². The van der Waals surface area contributed by atoms with Crippen molar-refractivity contribution in [1.29, 1.82) is 5.26 Å². The molecule has 0 saturated carbocycles. The highest BCUT2D eigenvalue weighted by Crippen LogP contribution is 2.30. The number of aromatic nitrogens is 1. The molecule has 0 aliphatic rings. The molecule has 1 aromatic carbocycles. The molecule has 2 aromatic rings. The van der Waals surface area contributed by atoms with Crippen molar-refractivity contribution in [2.45, 2.75) is 6.92 Å². The molecule has 0 N–H and O–H groups in total. The van der Waals surface area contributed by atoms with E-state index < -0.39 is 0 Å². The first-order valence-corrected chi connectivity index (χ1v) is 5.89. The second-order valence-corrected chi connectivity index (χ2v) is 4.27. The molecule has 5 heteroatoms. The van der Waals surface area contributed by atoms with E-state index in [2.05, 4.69) is 11.1 Å². The molecular formula is C14H11ClN2O2. The molecule has 0 radical (unpaired) electrons. The first-order chi connectivity index (χ1) is 9.12. The van der Waals surface area contributed by atoms with Gasteiger partial charge in [0.15, 0.2) is 0 Å². The molecular weight excluding hydrogens is 264 g/mol. The van der Waals surface area contributed by atoms with Gasteiger partial charge in [-0.2, -0.15) is 5.26 Å². The molecule has 0 unspecified atom stereocenters. The van der Waals surface area contributed by atoms with Gasteiger partial charge in [0.1, 0.15) is 22.4 Å². The minimum Gasteiger partial charge on any atom is -0.497 e. The molecule has 0 saturated heterocycles. The lowest BCUT2D eigenvalue weighted by Gasteiger charge is -2.10. The van der Waals surface area contributed by atoms with Gasteiger partial charge in [-0.15, -0.1) is 0 Å². The molecule has 0 aliphatic heterocycles. The van der Waals surface area contributed by atoms with E-state index in [0.29, 0.717) is 28.0 Å². The van der Waals surface area contributed by atoms with Gasteiger partial charge in [0.2, 0.25) is 0 Å².